The quantitative estimate of drug-likeness (QED) is 0.114. The van der Waals surface area contributed by atoms with E-state index in [4.69, 9.17) is 0 Å². The van der Waals surface area contributed by atoms with Crippen LogP contribution in [0.3, 0.4) is 0 Å². The minimum atomic E-state index is -1.22. The number of quaternary nitrogens is 2. The van der Waals surface area contributed by atoms with E-state index in [-0.39, 0.29) is 0 Å². The van der Waals surface area contributed by atoms with E-state index in [9.17, 15) is 0 Å². The molecule has 0 spiro atoms. The van der Waals surface area contributed by atoms with E-state index in [1.54, 1.807) is 4.90 Å². The van der Waals surface area contributed by atoms with Crippen molar-refractivity contribution in [3.63, 3.8) is 0 Å². The predicted octanol–water partition coefficient (Wildman–Crippen LogP) is 8.76. The molecule has 2 nitrogen and oxygen atoms in total. The van der Waals surface area contributed by atoms with Gasteiger partial charge in [0.2, 0.25) is 0 Å². The monoisotopic (exact) mass is 953 g/mol. The summed E-state index contributed by atoms with van der Waals surface area (Å²) in [4.78, 5) is 2.95. The minimum absolute atomic E-state index is 1.17. The van der Waals surface area contributed by atoms with Crippen LogP contribution in [-0.2, 0) is 0 Å². The number of aryl methyl sites for hydroxylation is 3. The van der Waals surface area contributed by atoms with Gasteiger partial charge in [0.25, 0.3) is 0 Å². The highest BCUT2D eigenvalue weighted by Crippen LogP contribution is 2.17. The van der Waals surface area contributed by atoms with Crippen molar-refractivity contribution >= 4 is 67.4 Å². The second-order valence-electron chi connectivity index (χ2n) is 19.5. The van der Waals surface area contributed by atoms with Gasteiger partial charge in [0.15, 0.2) is 0 Å². The summed E-state index contributed by atoms with van der Waals surface area (Å²) < 4.78 is 0. The molecule has 0 aliphatic heterocycles. The van der Waals surface area contributed by atoms with Crippen molar-refractivity contribution in [3.05, 3.63) is 302 Å². The normalized spacial score (nSPS) is 11.0. The van der Waals surface area contributed by atoms with Gasteiger partial charge in [-0.2, -0.15) is 43.7 Å². The molecule has 0 aliphatic carbocycles. The topological polar surface area (TPSA) is 8.88 Å². The molecule has 0 unspecified atom stereocenters. The van der Waals surface area contributed by atoms with Gasteiger partial charge in [-0.25, -0.2) is 0 Å². The summed E-state index contributed by atoms with van der Waals surface area (Å²) in [5.74, 6) is 0. The summed E-state index contributed by atoms with van der Waals surface area (Å²) in [5.41, 5.74) is 17.7. The molecule has 0 radical (unpaired) electrons. The maximum atomic E-state index is 2.26. The van der Waals surface area contributed by atoms with E-state index >= 15 is 0 Å². The largest absolute Gasteiger partial charge is 0.307 e. The average Bonchev–Trinajstić information content (AvgIpc) is 3.45. The fourth-order valence-corrected chi connectivity index (χ4v) is 11.5. The van der Waals surface area contributed by atoms with E-state index in [1.807, 2.05) is 0 Å². The first kappa shape index (κ1) is 53.1. The first-order chi connectivity index (χ1) is 35.7. The van der Waals surface area contributed by atoms with Crippen molar-refractivity contribution in [2.45, 2.75) is 34.6 Å². The van der Waals surface area contributed by atoms with Gasteiger partial charge in [0.05, 0.1) is 27.2 Å². The Kier molecular flexibility index (Phi) is 19.4. The third kappa shape index (κ3) is 12.7. The molecule has 10 rings (SSSR count). The molecule has 366 valence electrons. The van der Waals surface area contributed by atoms with Gasteiger partial charge in [0, 0.05) is 11.1 Å². The number of para-hydroxylation sites is 1. The Morgan fingerprint density at radius 3 is 0.658 bits per heavy atom. The molecule has 0 fully saturated rings. The Bertz CT molecular complexity index is 2590. The summed E-state index contributed by atoms with van der Waals surface area (Å²) in [6, 6.07) is 102. The average molecular weight is 953 g/mol. The van der Waals surface area contributed by atoms with E-state index in [0.29, 0.717) is 0 Å². The number of hydrogen-bond donors (Lipinski definition) is 2. The Morgan fingerprint density at radius 2 is 0.479 bits per heavy atom. The van der Waals surface area contributed by atoms with E-state index in [1.165, 1.54) is 89.8 Å². The van der Waals surface area contributed by atoms with E-state index < -0.39 is 12.3 Å². The third-order valence-corrected chi connectivity index (χ3v) is 14.6. The van der Waals surface area contributed by atoms with Crippen LogP contribution in [0.1, 0.15) is 30.5 Å². The third-order valence-electron chi connectivity index (χ3n) is 14.6. The van der Waals surface area contributed by atoms with Gasteiger partial charge in [0.1, 0.15) is 23.7 Å². The molecule has 2 N–H and O–H groups in total. The number of rotatable bonds is 12. The molecule has 0 saturated carbocycles. The second kappa shape index (κ2) is 26.6. The Labute approximate surface area is 438 Å². The summed E-state index contributed by atoms with van der Waals surface area (Å²) in [5, 5.41) is 0. The zero-order chi connectivity index (χ0) is 51.3. The van der Waals surface area contributed by atoms with E-state index in [2.05, 4.69) is 334 Å². The summed E-state index contributed by atoms with van der Waals surface area (Å²) in [7, 11) is 4.34. The van der Waals surface area contributed by atoms with Crippen molar-refractivity contribution in [2.24, 2.45) is 0 Å². The SMILES string of the molecule is CC[NH+](CC)c1ccccc1.Cc1cc(C)c([NH+](C)C)c(C)c1.c1ccc([B-](c2ccccc2)(c2ccccc2)c2ccccc2)cc1.c1ccc([B-](c2ccccc2)(c2ccccc2)c2ccccc2)cc1. The van der Waals surface area contributed by atoms with Gasteiger partial charge in [-0.3, -0.25) is 0 Å². The highest BCUT2D eigenvalue weighted by molar-refractivity contribution is 7.20. The van der Waals surface area contributed by atoms with Gasteiger partial charge < -0.3 is 9.80 Å². The lowest BCUT2D eigenvalue weighted by Crippen LogP contribution is -3.06. The van der Waals surface area contributed by atoms with Crippen LogP contribution in [0, 0.1) is 20.8 Å². The Hall–Kier alpha value is -7.75. The lowest BCUT2D eigenvalue weighted by molar-refractivity contribution is -0.828. The number of benzene rings is 10. The van der Waals surface area contributed by atoms with Gasteiger partial charge in [-0.15, -0.1) is 0 Å². The molecule has 10 aromatic carbocycles. The zero-order valence-electron chi connectivity index (χ0n) is 44.2. The summed E-state index contributed by atoms with van der Waals surface area (Å²) >= 11 is 0. The smallest absolute Gasteiger partial charge is 0.136 e. The molecule has 73 heavy (non-hydrogen) atoms. The molecule has 0 saturated heterocycles. The Balaban J connectivity index is 0.000000152. The van der Waals surface area contributed by atoms with E-state index in [0.717, 1.165) is 0 Å². The van der Waals surface area contributed by atoms with Crippen LogP contribution in [0.15, 0.2) is 285 Å². The Morgan fingerprint density at radius 1 is 0.288 bits per heavy atom. The van der Waals surface area contributed by atoms with Crippen LogP contribution >= 0.6 is 0 Å². The van der Waals surface area contributed by atoms with Gasteiger partial charge >= 0.3 is 0 Å². The van der Waals surface area contributed by atoms with Crippen LogP contribution in [0.25, 0.3) is 0 Å². The lowest BCUT2D eigenvalue weighted by Gasteiger charge is -2.44. The van der Waals surface area contributed by atoms with Crippen LogP contribution < -0.4 is 53.5 Å². The van der Waals surface area contributed by atoms with Crippen LogP contribution in [0.2, 0.25) is 0 Å². The van der Waals surface area contributed by atoms with Crippen molar-refractivity contribution in [3.8, 4) is 0 Å². The molecule has 0 aromatic heterocycles. The molecule has 4 heteroatoms. The van der Waals surface area contributed by atoms with Gasteiger partial charge in [-0.05, 0) is 46.8 Å². The van der Waals surface area contributed by atoms with Gasteiger partial charge in [-0.1, -0.05) is 279 Å². The molecule has 0 bridgehead atoms. The van der Waals surface area contributed by atoms with Crippen molar-refractivity contribution in [2.75, 3.05) is 27.2 Å². The number of nitrogens with one attached hydrogen (secondary N) is 2. The summed E-state index contributed by atoms with van der Waals surface area (Å²) in [6.07, 6.45) is -2.43. The maximum Gasteiger partial charge on any atom is 0.136 e. The zero-order valence-corrected chi connectivity index (χ0v) is 44.2. The number of hydrogen-bond acceptors (Lipinski definition) is 0. The molecule has 0 aliphatic rings. The van der Waals surface area contributed by atoms with Crippen molar-refractivity contribution in [1.29, 1.82) is 0 Å². The lowest BCUT2D eigenvalue weighted by atomic mass is 9.13. The first-order valence-corrected chi connectivity index (χ1v) is 26.3. The molecular weight excluding hydrogens is 878 g/mol. The second-order valence-corrected chi connectivity index (χ2v) is 19.5. The summed E-state index contributed by atoms with van der Waals surface area (Å²) in [6.45, 7) is 13.3. The first-order valence-electron chi connectivity index (χ1n) is 26.3. The highest BCUT2D eigenvalue weighted by atomic mass is 15.1. The fraction of sp³-hybridized carbons (Fsp3) is 0.130. The highest BCUT2D eigenvalue weighted by Gasteiger charge is 2.32. The molecule has 0 heterocycles. The maximum absolute atomic E-state index is 2.26. The fourth-order valence-electron chi connectivity index (χ4n) is 11.5. The predicted molar refractivity (Wildman–Crippen MR) is 321 cm³/mol. The molecular formula is C69H74B2N2. The van der Waals surface area contributed by atoms with Crippen LogP contribution in [0.4, 0.5) is 11.4 Å². The van der Waals surface area contributed by atoms with Crippen molar-refractivity contribution < 1.29 is 9.80 Å². The van der Waals surface area contributed by atoms with Crippen LogP contribution in [0.5, 0.6) is 0 Å². The molecule has 0 atom stereocenters. The minimum Gasteiger partial charge on any atom is -0.307 e. The molecule has 10 aromatic rings. The standard InChI is InChI=1S/2C24H20B.C11H17N.C10H15N/c2*1-5-13-21(14-6-1)25(22-15-7-2-8-16-22,23-17-9-3-10-18-23)24-19-11-4-12-20-24;1-8-6-9(2)11(12(4)5)10(3)7-8;1-3-11(4-2)10-8-6-5-7-9-10/h2*1-20H;6-7H,1-5H3;5-9H,3-4H2,1-2H3/q2*-1;;/p+2. The van der Waals surface area contributed by atoms with Crippen molar-refractivity contribution in [1.82, 2.24) is 0 Å². The molecule has 0 amide bonds. The van der Waals surface area contributed by atoms with Crippen LogP contribution in [-0.4, -0.2) is 39.5 Å².